The van der Waals surface area contributed by atoms with Crippen LogP contribution in [0.5, 0.6) is 0 Å². The van der Waals surface area contributed by atoms with E-state index in [1.54, 1.807) is 7.05 Å². The zero-order valence-electron chi connectivity index (χ0n) is 10.8. The number of nitrogens with zero attached hydrogens (tertiary/aromatic N) is 2. The molecule has 0 aromatic heterocycles. The number of imide groups is 1. The van der Waals surface area contributed by atoms with Gasteiger partial charge in [0.15, 0.2) is 0 Å². The molecule has 3 fully saturated rings. The molecule has 2 aliphatic heterocycles. The summed E-state index contributed by atoms with van der Waals surface area (Å²) in [6.45, 7) is 1.83. The maximum Gasteiger partial charge on any atom is 0.246 e. The second-order valence-corrected chi connectivity index (χ2v) is 5.98. The van der Waals surface area contributed by atoms with Crippen LogP contribution in [0.3, 0.4) is 0 Å². The van der Waals surface area contributed by atoms with Gasteiger partial charge in [0.1, 0.15) is 0 Å². The van der Waals surface area contributed by atoms with Crippen LogP contribution >= 0.6 is 0 Å². The van der Waals surface area contributed by atoms with Crippen molar-refractivity contribution in [2.45, 2.75) is 37.8 Å². The Labute approximate surface area is 107 Å². The molecule has 2 saturated heterocycles. The largest absolute Gasteiger partial charge is 0.327 e. The van der Waals surface area contributed by atoms with Gasteiger partial charge >= 0.3 is 0 Å². The van der Waals surface area contributed by atoms with Crippen molar-refractivity contribution in [3.8, 4) is 0 Å². The molecule has 5 nitrogen and oxygen atoms in total. The van der Waals surface area contributed by atoms with E-state index in [-0.39, 0.29) is 23.9 Å². The van der Waals surface area contributed by atoms with E-state index >= 15 is 0 Å². The zero-order chi connectivity index (χ0) is 12.9. The van der Waals surface area contributed by atoms with Gasteiger partial charge in [-0.1, -0.05) is 6.42 Å². The molecule has 0 bridgehead atoms. The van der Waals surface area contributed by atoms with Crippen molar-refractivity contribution in [1.29, 1.82) is 0 Å². The third-order valence-electron chi connectivity index (χ3n) is 4.98. The number of carbonyl (C=O) groups is 2. The van der Waals surface area contributed by atoms with E-state index in [2.05, 4.69) is 4.90 Å². The topological polar surface area (TPSA) is 66.6 Å². The minimum atomic E-state index is -0.222. The fourth-order valence-corrected chi connectivity index (χ4v) is 3.83. The number of likely N-dealkylation sites (N-methyl/N-ethyl adjacent to an activating group) is 1. The number of amides is 2. The highest BCUT2D eigenvalue weighted by atomic mass is 16.2. The molecular weight excluding hydrogens is 230 g/mol. The number of hydrogen-bond donors (Lipinski definition) is 1. The highest BCUT2D eigenvalue weighted by Gasteiger charge is 2.46. The molecule has 2 N–H and O–H groups in total. The van der Waals surface area contributed by atoms with E-state index in [9.17, 15) is 9.59 Å². The van der Waals surface area contributed by atoms with Crippen molar-refractivity contribution >= 4 is 11.8 Å². The lowest BCUT2D eigenvalue weighted by Gasteiger charge is -2.30. The number of fused-ring (bicyclic) bond motifs is 1. The van der Waals surface area contributed by atoms with Crippen molar-refractivity contribution in [1.82, 2.24) is 9.80 Å². The molecule has 0 radical (unpaired) electrons. The molecule has 2 heterocycles. The summed E-state index contributed by atoms with van der Waals surface area (Å²) in [5, 5.41) is 0. The van der Waals surface area contributed by atoms with Crippen LogP contribution in [0.2, 0.25) is 0 Å². The number of nitrogens with two attached hydrogens (primary N) is 1. The van der Waals surface area contributed by atoms with E-state index in [0.717, 1.165) is 19.5 Å². The van der Waals surface area contributed by atoms with Crippen LogP contribution in [-0.2, 0) is 9.59 Å². The van der Waals surface area contributed by atoms with Crippen LogP contribution < -0.4 is 5.73 Å². The predicted molar refractivity (Wildman–Crippen MR) is 66.6 cm³/mol. The number of carbonyl (C=O) groups excluding carboxylic acids is 2. The fourth-order valence-electron chi connectivity index (χ4n) is 3.83. The van der Waals surface area contributed by atoms with Gasteiger partial charge in [0, 0.05) is 26.2 Å². The predicted octanol–water partition coefficient (Wildman–Crippen LogP) is -0.197. The molecule has 3 aliphatic rings. The van der Waals surface area contributed by atoms with Crippen LogP contribution in [0.25, 0.3) is 0 Å². The van der Waals surface area contributed by atoms with Gasteiger partial charge in [-0.3, -0.25) is 19.4 Å². The first-order chi connectivity index (χ1) is 8.58. The maximum atomic E-state index is 12.0. The summed E-state index contributed by atoms with van der Waals surface area (Å²) in [7, 11) is 1.58. The molecule has 100 valence electrons. The number of likely N-dealkylation sites (tertiary alicyclic amines) is 2. The summed E-state index contributed by atoms with van der Waals surface area (Å²) in [6, 6.07) is 0.0546. The Hall–Kier alpha value is -0.940. The normalized spacial score (nSPS) is 41.6. The summed E-state index contributed by atoms with van der Waals surface area (Å²) in [6.07, 6.45) is 3.88. The molecule has 18 heavy (non-hydrogen) atoms. The molecule has 0 aromatic carbocycles. The highest BCUT2D eigenvalue weighted by molar-refractivity contribution is 6.05. The molecule has 2 amide bonds. The molecule has 1 saturated carbocycles. The highest BCUT2D eigenvalue weighted by Crippen LogP contribution is 2.37. The molecule has 3 rings (SSSR count). The molecule has 4 atom stereocenters. The molecule has 5 heteroatoms. The van der Waals surface area contributed by atoms with Gasteiger partial charge in [-0.15, -0.1) is 0 Å². The van der Waals surface area contributed by atoms with Gasteiger partial charge in [-0.25, -0.2) is 0 Å². The summed E-state index contributed by atoms with van der Waals surface area (Å²) in [5.74, 6) is 1.06. The SMILES string of the molecule is CN1C(=O)CC(N2CC3CCCC(N)C3C2)C1=O. The summed E-state index contributed by atoms with van der Waals surface area (Å²) in [5.41, 5.74) is 6.18. The van der Waals surface area contributed by atoms with E-state index in [4.69, 9.17) is 5.73 Å². The second kappa shape index (κ2) is 4.31. The van der Waals surface area contributed by atoms with E-state index in [1.165, 1.54) is 17.7 Å². The van der Waals surface area contributed by atoms with Crippen LogP contribution in [-0.4, -0.2) is 53.8 Å². The van der Waals surface area contributed by atoms with E-state index in [0.29, 0.717) is 18.3 Å². The number of hydrogen-bond acceptors (Lipinski definition) is 4. The Morgan fingerprint density at radius 3 is 2.61 bits per heavy atom. The van der Waals surface area contributed by atoms with E-state index < -0.39 is 0 Å². The Morgan fingerprint density at radius 2 is 2.00 bits per heavy atom. The second-order valence-electron chi connectivity index (χ2n) is 5.98. The minimum absolute atomic E-state index is 0.0350. The van der Waals surface area contributed by atoms with Crippen molar-refractivity contribution in [3.05, 3.63) is 0 Å². The Morgan fingerprint density at radius 1 is 1.22 bits per heavy atom. The average molecular weight is 251 g/mol. The minimum Gasteiger partial charge on any atom is -0.327 e. The standard InChI is InChI=1S/C13H21N3O2/c1-15-12(17)5-11(13(15)18)16-6-8-3-2-4-10(14)9(8)7-16/h8-11H,2-7,14H2,1H3. The van der Waals surface area contributed by atoms with Gasteiger partial charge in [0.25, 0.3) is 0 Å². The smallest absolute Gasteiger partial charge is 0.246 e. The summed E-state index contributed by atoms with van der Waals surface area (Å²) in [4.78, 5) is 27.1. The van der Waals surface area contributed by atoms with Crippen LogP contribution in [0.4, 0.5) is 0 Å². The molecule has 0 spiro atoms. The first-order valence-electron chi connectivity index (χ1n) is 6.88. The van der Waals surface area contributed by atoms with Crippen molar-refractivity contribution in [2.75, 3.05) is 20.1 Å². The van der Waals surface area contributed by atoms with Gasteiger partial charge in [-0.05, 0) is 24.7 Å². The monoisotopic (exact) mass is 251 g/mol. The van der Waals surface area contributed by atoms with Gasteiger partial charge in [-0.2, -0.15) is 0 Å². The summed E-state index contributed by atoms with van der Waals surface area (Å²) >= 11 is 0. The third kappa shape index (κ3) is 1.77. The van der Waals surface area contributed by atoms with Crippen molar-refractivity contribution in [2.24, 2.45) is 17.6 Å². The Bertz CT molecular complexity index is 384. The Balaban J connectivity index is 1.72. The van der Waals surface area contributed by atoms with Crippen LogP contribution in [0, 0.1) is 11.8 Å². The first kappa shape index (κ1) is 12.1. The van der Waals surface area contributed by atoms with Gasteiger partial charge in [0.2, 0.25) is 11.8 Å². The lowest BCUT2D eigenvalue weighted by Crippen LogP contribution is -2.41. The van der Waals surface area contributed by atoms with Gasteiger partial charge in [0.05, 0.1) is 12.5 Å². The molecule has 1 aliphatic carbocycles. The van der Waals surface area contributed by atoms with Gasteiger partial charge < -0.3 is 5.73 Å². The summed E-state index contributed by atoms with van der Waals surface area (Å²) < 4.78 is 0. The zero-order valence-corrected chi connectivity index (χ0v) is 10.8. The van der Waals surface area contributed by atoms with Crippen LogP contribution in [0.1, 0.15) is 25.7 Å². The first-order valence-corrected chi connectivity index (χ1v) is 6.88. The molecular formula is C13H21N3O2. The maximum absolute atomic E-state index is 12.0. The lowest BCUT2D eigenvalue weighted by molar-refractivity contribution is -0.138. The molecule has 0 aromatic rings. The quantitative estimate of drug-likeness (QED) is 0.656. The fraction of sp³-hybridized carbons (Fsp3) is 0.846. The molecule has 4 unspecified atom stereocenters. The third-order valence-corrected chi connectivity index (χ3v) is 4.98. The van der Waals surface area contributed by atoms with Crippen molar-refractivity contribution < 1.29 is 9.59 Å². The van der Waals surface area contributed by atoms with Crippen molar-refractivity contribution in [3.63, 3.8) is 0 Å². The number of rotatable bonds is 1. The Kier molecular flexibility index (Phi) is 2.90. The van der Waals surface area contributed by atoms with Crippen LogP contribution in [0.15, 0.2) is 0 Å². The van der Waals surface area contributed by atoms with E-state index in [1.807, 2.05) is 0 Å². The lowest BCUT2D eigenvalue weighted by atomic mass is 9.78. The average Bonchev–Trinajstić information content (AvgIpc) is 2.88.